The molecule has 0 radical (unpaired) electrons. The van der Waals surface area contributed by atoms with E-state index in [9.17, 15) is 0 Å². The molecule has 1 fully saturated rings. The standard InChI is InChI=1S/C14H26N4S/c1-6-15-12(4)13-9-19-14(16-13)18-7-10(2)17(5)11(3)8-18/h9-12,15H,6-8H2,1-5H3. The van der Waals surface area contributed by atoms with Gasteiger partial charge >= 0.3 is 0 Å². The number of hydrogen-bond donors (Lipinski definition) is 1. The van der Waals surface area contributed by atoms with Crippen LogP contribution in [0.15, 0.2) is 5.38 Å². The summed E-state index contributed by atoms with van der Waals surface area (Å²) in [5.74, 6) is 0. The van der Waals surface area contributed by atoms with Gasteiger partial charge in [-0.15, -0.1) is 11.3 Å². The molecule has 108 valence electrons. The third-order valence-corrected chi connectivity index (χ3v) is 5.01. The van der Waals surface area contributed by atoms with Gasteiger partial charge in [0, 0.05) is 36.6 Å². The Kier molecular flexibility index (Phi) is 4.81. The van der Waals surface area contributed by atoms with Gasteiger partial charge in [0.2, 0.25) is 0 Å². The zero-order valence-corrected chi connectivity index (χ0v) is 13.5. The van der Waals surface area contributed by atoms with Crippen LogP contribution in [0.5, 0.6) is 0 Å². The molecule has 1 aliphatic rings. The number of nitrogens with one attached hydrogen (secondary N) is 1. The van der Waals surface area contributed by atoms with Crippen LogP contribution in [0.2, 0.25) is 0 Å². The van der Waals surface area contributed by atoms with Crippen molar-refractivity contribution in [1.29, 1.82) is 0 Å². The molecular weight excluding hydrogens is 256 g/mol. The van der Waals surface area contributed by atoms with E-state index >= 15 is 0 Å². The molecule has 0 aromatic carbocycles. The number of piperazine rings is 1. The number of rotatable bonds is 4. The average Bonchev–Trinajstić information content (AvgIpc) is 2.85. The van der Waals surface area contributed by atoms with Crippen LogP contribution in [0.1, 0.15) is 39.4 Å². The Labute approximate surface area is 120 Å². The number of nitrogens with zero attached hydrogens (tertiary/aromatic N) is 3. The lowest BCUT2D eigenvalue weighted by atomic mass is 10.1. The van der Waals surface area contributed by atoms with Crippen LogP contribution in [0.3, 0.4) is 0 Å². The van der Waals surface area contributed by atoms with Crippen molar-refractivity contribution in [2.75, 3.05) is 31.6 Å². The quantitative estimate of drug-likeness (QED) is 0.918. The van der Waals surface area contributed by atoms with Gasteiger partial charge in [-0.3, -0.25) is 4.90 Å². The molecule has 0 spiro atoms. The Morgan fingerprint density at radius 2 is 2.05 bits per heavy atom. The van der Waals surface area contributed by atoms with Crippen LogP contribution in [-0.2, 0) is 0 Å². The summed E-state index contributed by atoms with van der Waals surface area (Å²) in [5, 5.41) is 6.78. The van der Waals surface area contributed by atoms with Gasteiger partial charge in [-0.25, -0.2) is 4.98 Å². The van der Waals surface area contributed by atoms with Crippen LogP contribution in [-0.4, -0.2) is 48.6 Å². The SMILES string of the molecule is CCNC(C)c1csc(N2CC(C)N(C)C(C)C2)n1. The Morgan fingerprint density at radius 3 is 2.63 bits per heavy atom. The summed E-state index contributed by atoms with van der Waals surface area (Å²) >= 11 is 1.77. The van der Waals surface area contributed by atoms with E-state index in [0.29, 0.717) is 18.1 Å². The lowest BCUT2D eigenvalue weighted by Crippen LogP contribution is -2.55. The number of hydrogen-bond acceptors (Lipinski definition) is 5. The van der Waals surface area contributed by atoms with Crippen molar-refractivity contribution in [3.63, 3.8) is 0 Å². The van der Waals surface area contributed by atoms with Gasteiger partial charge in [0.15, 0.2) is 5.13 Å². The third kappa shape index (κ3) is 3.27. The normalized spacial score (nSPS) is 26.7. The summed E-state index contributed by atoms with van der Waals surface area (Å²) in [4.78, 5) is 9.69. The van der Waals surface area contributed by atoms with E-state index in [0.717, 1.165) is 19.6 Å². The molecule has 3 unspecified atom stereocenters. The maximum absolute atomic E-state index is 4.81. The molecule has 19 heavy (non-hydrogen) atoms. The summed E-state index contributed by atoms with van der Waals surface area (Å²) in [7, 11) is 2.22. The monoisotopic (exact) mass is 282 g/mol. The van der Waals surface area contributed by atoms with Gasteiger partial charge in [-0.1, -0.05) is 6.92 Å². The van der Waals surface area contributed by atoms with E-state index in [1.165, 1.54) is 10.8 Å². The predicted molar refractivity (Wildman–Crippen MR) is 83.1 cm³/mol. The van der Waals surface area contributed by atoms with E-state index < -0.39 is 0 Å². The first-order valence-corrected chi connectivity index (χ1v) is 8.06. The van der Waals surface area contributed by atoms with Crippen molar-refractivity contribution in [2.24, 2.45) is 0 Å². The molecule has 0 saturated carbocycles. The Balaban J connectivity index is 2.06. The molecule has 0 amide bonds. The fraction of sp³-hybridized carbons (Fsp3) is 0.786. The zero-order valence-electron chi connectivity index (χ0n) is 12.7. The van der Waals surface area contributed by atoms with Crippen molar-refractivity contribution in [3.05, 3.63) is 11.1 Å². The third-order valence-electron chi connectivity index (χ3n) is 4.09. The molecule has 2 rings (SSSR count). The van der Waals surface area contributed by atoms with Crippen molar-refractivity contribution in [2.45, 2.75) is 45.8 Å². The Hall–Kier alpha value is -0.650. The molecular formula is C14H26N4S. The second kappa shape index (κ2) is 6.20. The fourth-order valence-electron chi connectivity index (χ4n) is 2.59. The summed E-state index contributed by atoms with van der Waals surface area (Å²) in [6, 6.07) is 1.52. The molecule has 1 aromatic rings. The zero-order chi connectivity index (χ0) is 14.0. The predicted octanol–water partition coefficient (Wildman–Crippen LogP) is 2.34. The van der Waals surface area contributed by atoms with Crippen LogP contribution in [0.25, 0.3) is 0 Å². The maximum Gasteiger partial charge on any atom is 0.185 e. The van der Waals surface area contributed by atoms with Crippen LogP contribution in [0, 0.1) is 0 Å². The summed E-state index contributed by atoms with van der Waals surface area (Å²) in [6.45, 7) is 12.0. The summed E-state index contributed by atoms with van der Waals surface area (Å²) in [6.07, 6.45) is 0. The molecule has 1 aromatic heterocycles. The van der Waals surface area contributed by atoms with E-state index in [4.69, 9.17) is 4.98 Å². The Bertz CT molecular complexity index is 394. The minimum absolute atomic E-state index is 0.345. The number of likely N-dealkylation sites (N-methyl/N-ethyl adjacent to an activating group) is 1. The highest BCUT2D eigenvalue weighted by Crippen LogP contribution is 2.27. The highest BCUT2D eigenvalue weighted by molar-refractivity contribution is 7.13. The first-order chi connectivity index (χ1) is 9.02. The molecule has 2 heterocycles. The molecule has 0 aliphatic carbocycles. The second-order valence-electron chi connectivity index (χ2n) is 5.60. The minimum atomic E-state index is 0.345. The fourth-order valence-corrected chi connectivity index (χ4v) is 3.53. The highest BCUT2D eigenvalue weighted by Gasteiger charge is 2.28. The lowest BCUT2D eigenvalue weighted by molar-refractivity contribution is 0.170. The minimum Gasteiger partial charge on any atom is -0.345 e. The lowest BCUT2D eigenvalue weighted by Gasteiger charge is -2.42. The number of aromatic nitrogens is 1. The van der Waals surface area contributed by atoms with Crippen molar-refractivity contribution in [3.8, 4) is 0 Å². The van der Waals surface area contributed by atoms with Crippen molar-refractivity contribution >= 4 is 16.5 Å². The topological polar surface area (TPSA) is 31.4 Å². The summed E-state index contributed by atoms with van der Waals surface area (Å²) < 4.78 is 0. The summed E-state index contributed by atoms with van der Waals surface area (Å²) in [5.41, 5.74) is 1.17. The smallest absolute Gasteiger partial charge is 0.185 e. The van der Waals surface area contributed by atoms with E-state index in [2.05, 4.69) is 55.2 Å². The molecule has 1 N–H and O–H groups in total. The van der Waals surface area contributed by atoms with Gasteiger partial charge in [0.05, 0.1) is 5.69 Å². The largest absolute Gasteiger partial charge is 0.345 e. The van der Waals surface area contributed by atoms with Gasteiger partial charge in [-0.2, -0.15) is 0 Å². The van der Waals surface area contributed by atoms with Gasteiger partial charge in [0.25, 0.3) is 0 Å². The molecule has 3 atom stereocenters. The Morgan fingerprint density at radius 1 is 1.42 bits per heavy atom. The number of thiazole rings is 1. The maximum atomic E-state index is 4.81. The van der Waals surface area contributed by atoms with Gasteiger partial charge in [0.1, 0.15) is 0 Å². The van der Waals surface area contributed by atoms with Crippen LogP contribution < -0.4 is 10.2 Å². The van der Waals surface area contributed by atoms with Gasteiger partial charge in [-0.05, 0) is 34.4 Å². The van der Waals surface area contributed by atoms with Gasteiger partial charge < -0.3 is 10.2 Å². The average molecular weight is 282 g/mol. The first kappa shape index (κ1) is 14.8. The molecule has 1 saturated heterocycles. The van der Waals surface area contributed by atoms with Crippen molar-refractivity contribution in [1.82, 2.24) is 15.2 Å². The highest BCUT2D eigenvalue weighted by atomic mass is 32.1. The van der Waals surface area contributed by atoms with E-state index in [-0.39, 0.29) is 0 Å². The van der Waals surface area contributed by atoms with Crippen LogP contribution in [0.4, 0.5) is 5.13 Å². The number of anilines is 1. The van der Waals surface area contributed by atoms with E-state index in [1.54, 1.807) is 11.3 Å². The van der Waals surface area contributed by atoms with Crippen molar-refractivity contribution < 1.29 is 0 Å². The van der Waals surface area contributed by atoms with Crippen LogP contribution >= 0.6 is 11.3 Å². The second-order valence-corrected chi connectivity index (χ2v) is 6.44. The van der Waals surface area contributed by atoms with E-state index in [1.807, 2.05) is 0 Å². The molecule has 1 aliphatic heterocycles. The molecule has 4 nitrogen and oxygen atoms in total. The molecule has 5 heteroatoms. The first-order valence-electron chi connectivity index (χ1n) is 7.18. The molecule has 0 bridgehead atoms.